The fourth-order valence-corrected chi connectivity index (χ4v) is 4.05. The van der Waals surface area contributed by atoms with Crippen molar-refractivity contribution in [2.24, 2.45) is 7.05 Å². The lowest BCUT2D eigenvalue weighted by Gasteiger charge is -2.24. The van der Waals surface area contributed by atoms with Crippen LogP contribution in [0.2, 0.25) is 0 Å². The molecule has 3 aromatic rings. The van der Waals surface area contributed by atoms with Crippen LogP contribution >= 0.6 is 0 Å². The Kier molecular flexibility index (Phi) is 7.66. The Morgan fingerprint density at radius 1 is 1.09 bits per heavy atom. The summed E-state index contributed by atoms with van der Waals surface area (Å²) in [6.07, 6.45) is 7.10. The zero-order valence-electron chi connectivity index (χ0n) is 19.6. The van der Waals surface area contributed by atoms with Crippen LogP contribution in [0.15, 0.2) is 61.2 Å². The first-order valence-electron chi connectivity index (χ1n) is 11.3. The molecule has 0 aliphatic carbocycles. The van der Waals surface area contributed by atoms with E-state index in [1.165, 1.54) is 6.92 Å². The van der Waals surface area contributed by atoms with Crippen LogP contribution in [-0.4, -0.2) is 62.1 Å². The molecule has 1 N–H and O–H groups in total. The molecule has 0 saturated carbocycles. The number of carbonyl (C=O) groups is 2. The molecule has 2 aromatic heterocycles. The van der Waals surface area contributed by atoms with Gasteiger partial charge in [0.25, 0.3) is 0 Å². The van der Waals surface area contributed by atoms with Gasteiger partial charge in [-0.15, -0.1) is 0 Å². The molecule has 0 unspecified atom stereocenters. The number of rotatable bonds is 8. The van der Waals surface area contributed by atoms with E-state index in [4.69, 9.17) is 4.74 Å². The lowest BCUT2D eigenvalue weighted by molar-refractivity contribution is -0.132. The van der Waals surface area contributed by atoms with Gasteiger partial charge in [-0.3, -0.25) is 24.2 Å². The molecular formula is C25H30N6O3. The minimum Gasteiger partial charge on any atom is -0.370 e. The van der Waals surface area contributed by atoms with E-state index in [0.717, 1.165) is 22.4 Å². The molecular weight excluding hydrogens is 432 g/mol. The van der Waals surface area contributed by atoms with E-state index in [1.54, 1.807) is 23.3 Å². The number of hydrogen-bond acceptors (Lipinski definition) is 6. The Bertz CT molecular complexity index is 1100. The third-order valence-corrected chi connectivity index (χ3v) is 5.62. The van der Waals surface area contributed by atoms with E-state index < -0.39 is 0 Å². The number of hydrogen-bond donors (Lipinski definition) is 1. The Morgan fingerprint density at radius 2 is 1.91 bits per heavy atom. The lowest BCUT2D eigenvalue weighted by Crippen LogP contribution is -2.37. The van der Waals surface area contributed by atoms with E-state index in [2.05, 4.69) is 20.3 Å². The summed E-state index contributed by atoms with van der Waals surface area (Å²) in [5, 5.41) is 7.00. The summed E-state index contributed by atoms with van der Waals surface area (Å²) in [4.78, 5) is 32.6. The average molecular weight is 463 g/mol. The summed E-state index contributed by atoms with van der Waals surface area (Å²) < 4.78 is 8.00. The van der Waals surface area contributed by atoms with Crippen molar-refractivity contribution < 1.29 is 14.3 Å². The van der Waals surface area contributed by atoms with Gasteiger partial charge in [0.15, 0.2) is 0 Å². The molecule has 3 heterocycles. The Hall–Kier alpha value is -3.56. The number of anilines is 1. The van der Waals surface area contributed by atoms with Crippen molar-refractivity contribution in [2.75, 3.05) is 25.0 Å². The molecule has 1 atom stereocenters. The van der Waals surface area contributed by atoms with Crippen LogP contribution in [0.5, 0.6) is 0 Å². The molecule has 1 saturated heterocycles. The number of amides is 2. The quantitative estimate of drug-likeness (QED) is 0.552. The van der Waals surface area contributed by atoms with Crippen LogP contribution in [0.3, 0.4) is 0 Å². The lowest BCUT2D eigenvalue weighted by atomic mass is 10.2. The zero-order chi connectivity index (χ0) is 23.9. The van der Waals surface area contributed by atoms with Crippen molar-refractivity contribution in [1.29, 1.82) is 0 Å². The molecule has 1 aliphatic rings. The average Bonchev–Trinajstić information content (AvgIpc) is 3.16. The van der Waals surface area contributed by atoms with Gasteiger partial charge >= 0.3 is 0 Å². The first-order valence-corrected chi connectivity index (χ1v) is 11.3. The summed E-state index contributed by atoms with van der Waals surface area (Å²) in [7, 11) is 1.87. The molecule has 1 aromatic carbocycles. The molecule has 0 spiro atoms. The number of aryl methyl sites for hydroxylation is 1. The Balaban J connectivity index is 1.46. The second-order valence-corrected chi connectivity index (χ2v) is 8.64. The second kappa shape index (κ2) is 11.0. The standard InChI is InChI=1S/C25H30N6O3/c1-19(32)28-23-7-5-20(6-8-23)13-30-15-24(34-18-21-4-3-9-26-10-21)16-31(25(33)17-30)14-22-11-27-29(2)12-22/h3-12,24H,13-18H2,1-2H3,(H,28,32)/t24-/m1/s1. The van der Waals surface area contributed by atoms with Crippen molar-refractivity contribution in [3.05, 3.63) is 77.9 Å². The summed E-state index contributed by atoms with van der Waals surface area (Å²) in [5.74, 6) is -0.0422. The number of nitrogens with zero attached hydrogens (tertiary/aromatic N) is 5. The molecule has 9 nitrogen and oxygen atoms in total. The van der Waals surface area contributed by atoms with Crippen molar-refractivity contribution in [2.45, 2.75) is 32.7 Å². The SMILES string of the molecule is CC(=O)Nc1ccc(CN2CC(=O)N(Cc3cnn(C)c3)C[C@H](OCc3cccnc3)C2)cc1. The highest BCUT2D eigenvalue weighted by atomic mass is 16.5. The third-order valence-electron chi connectivity index (χ3n) is 5.62. The molecule has 0 bridgehead atoms. The molecule has 1 aliphatic heterocycles. The van der Waals surface area contributed by atoms with Crippen LogP contribution in [0.4, 0.5) is 5.69 Å². The fourth-order valence-electron chi connectivity index (χ4n) is 4.05. The van der Waals surface area contributed by atoms with Crippen LogP contribution in [0, 0.1) is 0 Å². The maximum Gasteiger partial charge on any atom is 0.237 e. The van der Waals surface area contributed by atoms with Gasteiger partial charge in [0.1, 0.15) is 0 Å². The number of aromatic nitrogens is 3. The van der Waals surface area contributed by atoms with Crippen molar-refractivity contribution in [3.63, 3.8) is 0 Å². The molecule has 34 heavy (non-hydrogen) atoms. The highest BCUT2D eigenvalue weighted by Crippen LogP contribution is 2.17. The number of carbonyl (C=O) groups excluding carboxylic acids is 2. The molecule has 2 amide bonds. The number of benzene rings is 1. The highest BCUT2D eigenvalue weighted by Gasteiger charge is 2.29. The van der Waals surface area contributed by atoms with Crippen molar-refractivity contribution >= 4 is 17.5 Å². The van der Waals surface area contributed by atoms with Gasteiger partial charge in [0, 0.05) is 70.0 Å². The third kappa shape index (κ3) is 6.72. The highest BCUT2D eigenvalue weighted by molar-refractivity contribution is 5.88. The smallest absolute Gasteiger partial charge is 0.237 e. The number of nitrogens with one attached hydrogen (secondary N) is 1. The summed E-state index contributed by atoms with van der Waals surface area (Å²) in [6.45, 7) is 4.47. The number of pyridine rings is 1. The van der Waals surface area contributed by atoms with Gasteiger partial charge in [-0.25, -0.2) is 0 Å². The van der Waals surface area contributed by atoms with E-state index in [9.17, 15) is 9.59 Å². The van der Waals surface area contributed by atoms with E-state index in [0.29, 0.717) is 39.3 Å². The van der Waals surface area contributed by atoms with Gasteiger partial charge in [0.2, 0.25) is 11.8 Å². The molecule has 178 valence electrons. The van der Waals surface area contributed by atoms with Gasteiger partial charge < -0.3 is 15.0 Å². The molecule has 1 fully saturated rings. The summed E-state index contributed by atoms with van der Waals surface area (Å²) >= 11 is 0. The minimum atomic E-state index is -0.151. The maximum absolute atomic E-state index is 13.2. The first kappa shape index (κ1) is 23.6. The minimum absolute atomic E-state index is 0.0613. The van der Waals surface area contributed by atoms with Crippen molar-refractivity contribution in [3.8, 4) is 0 Å². The summed E-state index contributed by atoms with van der Waals surface area (Å²) in [5.41, 5.74) is 3.80. The second-order valence-electron chi connectivity index (χ2n) is 8.64. The monoisotopic (exact) mass is 462 g/mol. The largest absolute Gasteiger partial charge is 0.370 e. The van der Waals surface area contributed by atoms with Crippen LogP contribution < -0.4 is 5.32 Å². The number of ether oxygens (including phenoxy) is 1. The molecule has 0 radical (unpaired) electrons. The van der Waals surface area contributed by atoms with Crippen LogP contribution in [0.1, 0.15) is 23.6 Å². The summed E-state index contributed by atoms with van der Waals surface area (Å²) in [6, 6.07) is 11.6. The predicted octanol–water partition coefficient (Wildman–Crippen LogP) is 2.20. The van der Waals surface area contributed by atoms with E-state index in [-0.39, 0.29) is 17.9 Å². The molecule has 4 rings (SSSR count). The normalized spacial score (nSPS) is 16.9. The van der Waals surface area contributed by atoms with Gasteiger partial charge in [-0.2, -0.15) is 5.10 Å². The maximum atomic E-state index is 13.2. The van der Waals surface area contributed by atoms with E-state index >= 15 is 0 Å². The van der Waals surface area contributed by atoms with Crippen molar-refractivity contribution in [1.82, 2.24) is 24.6 Å². The zero-order valence-corrected chi connectivity index (χ0v) is 19.6. The topological polar surface area (TPSA) is 92.6 Å². The van der Waals surface area contributed by atoms with Gasteiger partial charge in [-0.05, 0) is 29.3 Å². The van der Waals surface area contributed by atoms with E-state index in [1.807, 2.05) is 54.5 Å². The fraction of sp³-hybridized carbons (Fsp3) is 0.360. The first-order chi connectivity index (χ1) is 16.4. The predicted molar refractivity (Wildman–Crippen MR) is 127 cm³/mol. The van der Waals surface area contributed by atoms with Gasteiger partial charge in [0.05, 0.1) is 25.5 Å². The van der Waals surface area contributed by atoms with Crippen LogP contribution in [0.25, 0.3) is 0 Å². The van der Waals surface area contributed by atoms with Crippen LogP contribution in [-0.2, 0) is 41.1 Å². The Morgan fingerprint density at radius 3 is 2.59 bits per heavy atom. The molecule has 9 heteroatoms. The van der Waals surface area contributed by atoms with Gasteiger partial charge in [-0.1, -0.05) is 18.2 Å². The Labute approximate surface area is 199 Å².